The van der Waals surface area contributed by atoms with Gasteiger partial charge in [0.05, 0.1) is 24.7 Å². The number of anilines is 1. The van der Waals surface area contributed by atoms with E-state index >= 15 is 0 Å². The number of rotatable bonds is 4. The number of benzene rings is 1. The van der Waals surface area contributed by atoms with E-state index in [1.165, 1.54) is 7.11 Å². The molecule has 1 aliphatic heterocycles. The summed E-state index contributed by atoms with van der Waals surface area (Å²) in [5.41, 5.74) is 1.81. The van der Waals surface area contributed by atoms with Crippen LogP contribution in [0.15, 0.2) is 18.7 Å². The molecule has 118 valence electrons. The number of carbonyl (C=O) groups is 2. The maximum Gasteiger partial charge on any atom is 0.338 e. The lowest BCUT2D eigenvalue weighted by Crippen LogP contribution is -2.33. The van der Waals surface area contributed by atoms with Crippen LogP contribution in [0.3, 0.4) is 0 Å². The molecule has 1 heterocycles. The molecule has 0 bridgehead atoms. The summed E-state index contributed by atoms with van der Waals surface area (Å²) in [4.78, 5) is 26.0. The summed E-state index contributed by atoms with van der Waals surface area (Å²) in [6.07, 6.45) is 0. The number of amides is 1. The Hall–Kier alpha value is -2.30. The Kier molecular flexibility index (Phi) is 4.00. The van der Waals surface area contributed by atoms with E-state index in [1.54, 1.807) is 24.1 Å². The van der Waals surface area contributed by atoms with Gasteiger partial charge in [0, 0.05) is 18.3 Å². The molecule has 2 rings (SSSR count). The SMILES string of the molecule is C=C(OCC)c1cc2c(cc1C(=O)OC)N(C)C(=O)C2(C)C. The zero-order chi connectivity index (χ0) is 16.7. The second kappa shape index (κ2) is 5.48. The summed E-state index contributed by atoms with van der Waals surface area (Å²) in [5, 5.41) is 0. The summed E-state index contributed by atoms with van der Waals surface area (Å²) in [5.74, 6) is -0.106. The molecule has 1 aromatic carbocycles. The standard InChI is InChI=1S/C17H21NO4/c1-7-22-10(2)11-8-13-14(9-12(11)15(19)21-6)18(5)16(20)17(13,3)4/h8-9H,2,7H2,1,3-6H3. The van der Waals surface area contributed by atoms with Crippen LogP contribution < -0.4 is 4.90 Å². The van der Waals surface area contributed by atoms with Gasteiger partial charge < -0.3 is 14.4 Å². The molecule has 0 spiro atoms. The molecule has 0 unspecified atom stereocenters. The van der Waals surface area contributed by atoms with Crippen LogP contribution in [0.5, 0.6) is 0 Å². The van der Waals surface area contributed by atoms with Crippen molar-refractivity contribution in [2.24, 2.45) is 0 Å². The average molecular weight is 303 g/mol. The molecule has 0 saturated carbocycles. The summed E-state index contributed by atoms with van der Waals surface area (Å²) >= 11 is 0. The van der Waals surface area contributed by atoms with Crippen LogP contribution in [-0.4, -0.2) is 32.6 Å². The van der Waals surface area contributed by atoms with E-state index < -0.39 is 11.4 Å². The van der Waals surface area contributed by atoms with Crippen LogP contribution in [0.2, 0.25) is 0 Å². The molecule has 0 aliphatic carbocycles. The first-order valence-corrected chi connectivity index (χ1v) is 7.12. The van der Waals surface area contributed by atoms with Gasteiger partial charge in [0.15, 0.2) is 0 Å². The highest BCUT2D eigenvalue weighted by Crippen LogP contribution is 2.43. The van der Waals surface area contributed by atoms with Gasteiger partial charge in [0.1, 0.15) is 5.76 Å². The van der Waals surface area contributed by atoms with Gasteiger partial charge in [-0.1, -0.05) is 6.58 Å². The second-order valence-electron chi connectivity index (χ2n) is 5.75. The Balaban J connectivity index is 2.70. The maximum absolute atomic E-state index is 12.4. The van der Waals surface area contributed by atoms with Gasteiger partial charge in [-0.15, -0.1) is 0 Å². The Morgan fingerprint density at radius 2 is 1.95 bits per heavy atom. The van der Waals surface area contributed by atoms with Gasteiger partial charge in [-0.2, -0.15) is 0 Å². The van der Waals surface area contributed by atoms with Gasteiger partial charge in [0.25, 0.3) is 0 Å². The fourth-order valence-corrected chi connectivity index (χ4v) is 2.77. The Bertz CT molecular complexity index is 661. The first kappa shape index (κ1) is 16.1. The van der Waals surface area contributed by atoms with E-state index in [0.717, 1.165) is 5.56 Å². The number of carbonyl (C=O) groups excluding carboxylic acids is 2. The van der Waals surface area contributed by atoms with Gasteiger partial charge in [-0.3, -0.25) is 4.79 Å². The summed E-state index contributed by atoms with van der Waals surface area (Å²) in [7, 11) is 3.02. The molecule has 1 amide bonds. The molecule has 5 heteroatoms. The number of methoxy groups -OCH3 is 1. The Morgan fingerprint density at radius 3 is 2.50 bits per heavy atom. The normalized spacial score (nSPS) is 15.5. The largest absolute Gasteiger partial charge is 0.494 e. The van der Waals surface area contributed by atoms with Crippen molar-refractivity contribution in [1.29, 1.82) is 0 Å². The number of ether oxygens (including phenoxy) is 2. The van der Waals surface area contributed by atoms with Crippen molar-refractivity contribution >= 4 is 23.3 Å². The first-order valence-electron chi connectivity index (χ1n) is 7.12. The van der Waals surface area contributed by atoms with Crippen molar-refractivity contribution in [3.63, 3.8) is 0 Å². The van der Waals surface area contributed by atoms with E-state index in [4.69, 9.17) is 9.47 Å². The van der Waals surface area contributed by atoms with Crippen LogP contribution in [-0.2, 0) is 19.7 Å². The lowest BCUT2D eigenvalue weighted by atomic mass is 9.84. The zero-order valence-electron chi connectivity index (χ0n) is 13.6. The second-order valence-corrected chi connectivity index (χ2v) is 5.75. The number of likely N-dealkylation sites (N-methyl/N-ethyl adjacent to an activating group) is 1. The van der Waals surface area contributed by atoms with E-state index in [1.807, 2.05) is 20.8 Å². The Labute approximate surface area is 130 Å². The smallest absolute Gasteiger partial charge is 0.338 e. The van der Waals surface area contributed by atoms with Crippen LogP contribution >= 0.6 is 0 Å². The lowest BCUT2D eigenvalue weighted by molar-refractivity contribution is -0.121. The van der Waals surface area contributed by atoms with Crippen LogP contribution in [0, 0.1) is 0 Å². The fraction of sp³-hybridized carbons (Fsp3) is 0.412. The third kappa shape index (κ3) is 2.26. The fourth-order valence-electron chi connectivity index (χ4n) is 2.77. The minimum atomic E-state index is -0.653. The van der Waals surface area contributed by atoms with Crippen molar-refractivity contribution in [3.05, 3.63) is 35.4 Å². The number of esters is 1. The predicted molar refractivity (Wildman–Crippen MR) is 84.9 cm³/mol. The third-order valence-electron chi connectivity index (χ3n) is 4.03. The molecule has 0 radical (unpaired) electrons. The number of fused-ring (bicyclic) bond motifs is 1. The van der Waals surface area contributed by atoms with Crippen LogP contribution in [0.25, 0.3) is 5.76 Å². The first-order chi connectivity index (χ1) is 10.3. The van der Waals surface area contributed by atoms with E-state index in [2.05, 4.69) is 6.58 Å². The van der Waals surface area contributed by atoms with Gasteiger partial charge in [0.2, 0.25) is 5.91 Å². The molecule has 1 aliphatic rings. The number of nitrogens with zero attached hydrogens (tertiary/aromatic N) is 1. The molecule has 5 nitrogen and oxygen atoms in total. The monoisotopic (exact) mass is 303 g/mol. The molecular weight excluding hydrogens is 282 g/mol. The van der Waals surface area contributed by atoms with Crippen molar-refractivity contribution in [2.75, 3.05) is 25.7 Å². The molecule has 0 aromatic heterocycles. The number of hydrogen-bond donors (Lipinski definition) is 0. The average Bonchev–Trinajstić information content (AvgIpc) is 2.66. The minimum absolute atomic E-state index is 0.0162. The van der Waals surface area contributed by atoms with Gasteiger partial charge in [-0.05, 0) is 38.5 Å². The van der Waals surface area contributed by atoms with E-state index in [-0.39, 0.29) is 5.91 Å². The van der Waals surface area contributed by atoms with Crippen molar-refractivity contribution in [1.82, 2.24) is 0 Å². The van der Waals surface area contributed by atoms with Crippen molar-refractivity contribution in [3.8, 4) is 0 Å². The van der Waals surface area contributed by atoms with Gasteiger partial charge in [-0.25, -0.2) is 4.79 Å². The highest BCUT2D eigenvalue weighted by Gasteiger charge is 2.43. The highest BCUT2D eigenvalue weighted by atomic mass is 16.5. The highest BCUT2D eigenvalue weighted by molar-refractivity contribution is 6.09. The lowest BCUT2D eigenvalue weighted by Gasteiger charge is -2.18. The van der Waals surface area contributed by atoms with Crippen molar-refractivity contribution in [2.45, 2.75) is 26.2 Å². The molecule has 1 aromatic rings. The summed E-state index contributed by atoms with van der Waals surface area (Å²) < 4.78 is 10.3. The maximum atomic E-state index is 12.4. The van der Waals surface area contributed by atoms with Gasteiger partial charge >= 0.3 is 5.97 Å². The summed E-state index contributed by atoms with van der Waals surface area (Å²) in [6.45, 7) is 9.89. The van der Waals surface area contributed by atoms with E-state index in [0.29, 0.717) is 29.2 Å². The topological polar surface area (TPSA) is 55.8 Å². The van der Waals surface area contributed by atoms with Crippen LogP contribution in [0.1, 0.15) is 42.3 Å². The molecule has 0 atom stereocenters. The predicted octanol–water partition coefficient (Wildman–Crippen LogP) is 2.73. The quantitative estimate of drug-likeness (QED) is 0.634. The molecule has 0 fully saturated rings. The molecule has 0 N–H and O–H groups in total. The minimum Gasteiger partial charge on any atom is -0.494 e. The molecular formula is C17H21NO4. The van der Waals surface area contributed by atoms with Crippen LogP contribution in [0.4, 0.5) is 5.69 Å². The molecule has 0 saturated heterocycles. The molecule has 22 heavy (non-hydrogen) atoms. The number of hydrogen-bond acceptors (Lipinski definition) is 4. The van der Waals surface area contributed by atoms with E-state index in [9.17, 15) is 9.59 Å². The third-order valence-corrected chi connectivity index (χ3v) is 4.03. The van der Waals surface area contributed by atoms with Crippen molar-refractivity contribution < 1.29 is 19.1 Å². The summed E-state index contributed by atoms with van der Waals surface area (Å²) in [6, 6.07) is 3.48. The zero-order valence-corrected chi connectivity index (χ0v) is 13.6. The Morgan fingerprint density at radius 1 is 1.32 bits per heavy atom.